The molecule has 2 aromatic carbocycles. The van der Waals surface area contributed by atoms with Crippen molar-refractivity contribution in [3.05, 3.63) is 66.9 Å². The maximum Gasteiger partial charge on any atom is 0.142 e. The van der Waals surface area contributed by atoms with Gasteiger partial charge in [0.05, 0.1) is 23.8 Å². The van der Waals surface area contributed by atoms with Crippen molar-refractivity contribution >= 4 is 33.3 Å². The van der Waals surface area contributed by atoms with E-state index in [9.17, 15) is 0 Å². The van der Waals surface area contributed by atoms with Gasteiger partial charge in [-0.25, -0.2) is 4.98 Å². The summed E-state index contributed by atoms with van der Waals surface area (Å²) < 4.78 is 5.37. The van der Waals surface area contributed by atoms with E-state index in [1.807, 2.05) is 48.5 Å². The van der Waals surface area contributed by atoms with Gasteiger partial charge in [-0.15, -0.1) is 0 Å². The molecule has 112 valence electrons. The first kappa shape index (κ1) is 13.5. The lowest BCUT2D eigenvalue weighted by Gasteiger charge is -2.11. The van der Waals surface area contributed by atoms with Crippen LogP contribution in [0.5, 0.6) is 5.75 Å². The summed E-state index contributed by atoms with van der Waals surface area (Å²) in [6.45, 7) is 0. The second-order valence-electron chi connectivity index (χ2n) is 5.23. The van der Waals surface area contributed by atoms with Crippen LogP contribution in [0.15, 0.2) is 66.9 Å². The maximum atomic E-state index is 5.37. The molecule has 23 heavy (non-hydrogen) atoms. The van der Waals surface area contributed by atoms with Crippen molar-refractivity contribution in [2.24, 2.45) is 0 Å². The second kappa shape index (κ2) is 5.57. The minimum atomic E-state index is 0.764. The van der Waals surface area contributed by atoms with E-state index in [0.29, 0.717) is 0 Å². The molecule has 0 aliphatic carbocycles. The fourth-order valence-electron chi connectivity index (χ4n) is 2.68. The lowest BCUT2D eigenvalue weighted by Crippen LogP contribution is -1.97. The monoisotopic (exact) mass is 301 g/mol. The van der Waals surface area contributed by atoms with Crippen LogP contribution in [0.1, 0.15) is 0 Å². The average Bonchev–Trinajstić information content (AvgIpc) is 2.62. The number of hydrogen-bond donors (Lipinski definition) is 1. The number of anilines is 2. The number of methoxy groups -OCH3 is 1. The molecule has 0 spiro atoms. The van der Waals surface area contributed by atoms with Gasteiger partial charge in [-0.1, -0.05) is 30.3 Å². The third kappa shape index (κ3) is 2.44. The van der Waals surface area contributed by atoms with Crippen molar-refractivity contribution in [1.82, 2.24) is 9.97 Å². The number of nitrogens with zero attached hydrogens (tertiary/aromatic N) is 2. The van der Waals surface area contributed by atoms with Crippen LogP contribution in [0.25, 0.3) is 21.8 Å². The predicted molar refractivity (Wildman–Crippen MR) is 93.3 cm³/mol. The number of aromatic nitrogens is 2. The Bertz CT molecular complexity index is 998. The molecule has 2 heterocycles. The van der Waals surface area contributed by atoms with Crippen molar-refractivity contribution in [3.63, 3.8) is 0 Å². The van der Waals surface area contributed by atoms with E-state index >= 15 is 0 Å². The summed E-state index contributed by atoms with van der Waals surface area (Å²) in [5.74, 6) is 1.55. The van der Waals surface area contributed by atoms with Gasteiger partial charge in [0.15, 0.2) is 0 Å². The summed E-state index contributed by atoms with van der Waals surface area (Å²) >= 11 is 0. The molecule has 0 radical (unpaired) electrons. The third-order valence-electron chi connectivity index (χ3n) is 3.80. The quantitative estimate of drug-likeness (QED) is 0.565. The van der Waals surface area contributed by atoms with Crippen molar-refractivity contribution < 1.29 is 4.74 Å². The zero-order valence-corrected chi connectivity index (χ0v) is 12.7. The van der Waals surface area contributed by atoms with Gasteiger partial charge in [0.1, 0.15) is 11.6 Å². The molecule has 2 aromatic heterocycles. The number of fused-ring (bicyclic) bond motifs is 3. The maximum absolute atomic E-state index is 5.37. The molecule has 4 heteroatoms. The van der Waals surface area contributed by atoms with E-state index in [-0.39, 0.29) is 0 Å². The number of nitrogens with one attached hydrogen (secondary N) is 1. The summed E-state index contributed by atoms with van der Waals surface area (Å²) in [6.07, 6.45) is 1.80. The Morgan fingerprint density at radius 3 is 2.48 bits per heavy atom. The van der Waals surface area contributed by atoms with Crippen LogP contribution in [-0.2, 0) is 0 Å². The van der Waals surface area contributed by atoms with Crippen LogP contribution < -0.4 is 10.1 Å². The lowest BCUT2D eigenvalue weighted by molar-refractivity contribution is 0.417. The first-order valence-corrected chi connectivity index (χ1v) is 7.40. The highest BCUT2D eigenvalue weighted by Gasteiger charge is 2.06. The molecule has 1 N–H and O–H groups in total. The van der Waals surface area contributed by atoms with Gasteiger partial charge in [-0.2, -0.15) is 0 Å². The topological polar surface area (TPSA) is 47.0 Å². The first-order valence-electron chi connectivity index (χ1n) is 7.40. The molecule has 0 saturated carbocycles. The highest BCUT2D eigenvalue weighted by atomic mass is 16.5. The fraction of sp³-hybridized carbons (Fsp3) is 0.0526. The number of rotatable bonds is 3. The molecule has 4 rings (SSSR count). The van der Waals surface area contributed by atoms with E-state index in [2.05, 4.69) is 22.4 Å². The van der Waals surface area contributed by atoms with Crippen LogP contribution >= 0.6 is 0 Å². The second-order valence-corrected chi connectivity index (χ2v) is 5.23. The van der Waals surface area contributed by atoms with Crippen molar-refractivity contribution in [1.29, 1.82) is 0 Å². The standard InChI is InChI=1S/C19H15N3O/c1-23-16-7-3-2-6-15(16)21-17-11-10-14-9-8-13-5-4-12-20-18(13)19(14)22-17/h2-12H,1H3,(H,21,22). The molecule has 4 nitrogen and oxygen atoms in total. The molecule has 0 bridgehead atoms. The molecule has 0 aliphatic heterocycles. The van der Waals surface area contributed by atoms with Crippen LogP contribution in [0.3, 0.4) is 0 Å². The average molecular weight is 301 g/mol. The first-order chi connectivity index (χ1) is 11.3. The number of para-hydroxylation sites is 2. The van der Waals surface area contributed by atoms with E-state index < -0.39 is 0 Å². The highest BCUT2D eigenvalue weighted by molar-refractivity contribution is 6.03. The molecule has 0 saturated heterocycles. The number of pyridine rings is 2. The molecular formula is C19H15N3O. The van der Waals surface area contributed by atoms with Crippen molar-refractivity contribution in [3.8, 4) is 5.75 Å². The minimum absolute atomic E-state index is 0.764. The zero-order chi connectivity index (χ0) is 15.6. The number of hydrogen-bond acceptors (Lipinski definition) is 4. The Balaban J connectivity index is 1.83. The van der Waals surface area contributed by atoms with E-state index in [1.165, 1.54) is 0 Å². The van der Waals surface area contributed by atoms with Gasteiger partial charge < -0.3 is 10.1 Å². The SMILES string of the molecule is COc1ccccc1Nc1ccc2ccc3cccnc3c2n1. The van der Waals surface area contributed by atoms with E-state index in [1.54, 1.807) is 13.3 Å². The van der Waals surface area contributed by atoms with Gasteiger partial charge in [-0.3, -0.25) is 4.98 Å². The van der Waals surface area contributed by atoms with Gasteiger partial charge in [-0.05, 0) is 30.3 Å². The summed E-state index contributed by atoms with van der Waals surface area (Å²) in [5.41, 5.74) is 2.69. The van der Waals surface area contributed by atoms with E-state index in [0.717, 1.165) is 39.1 Å². The largest absolute Gasteiger partial charge is 0.495 e. The van der Waals surface area contributed by atoms with Crippen LogP contribution in [0.4, 0.5) is 11.5 Å². The molecule has 0 atom stereocenters. The van der Waals surface area contributed by atoms with E-state index in [4.69, 9.17) is 9.72 Å². The molecule has 4 aromatic rings. The number of ether oxygens (including phenoxy) is 1. The van der Waals surface area contributed by atoms with Gasteiger partial charge in [0, 0.05) is 17.0 Å². The van der Waals surface area contributed by atoms with Crippen LogP contribution in [-0.4, -0.2) is 17.1 Å². The molecule has 0 unspecified atom stereocenters. The summed E-state index contributed by atoms with van der Waals surface area (Å²) in [7, 11) is 1.66. The normalized spacial score (nSPS) is 10.8. The fourth-order valence-corrected chi connectivity index (χ4v) is 2.68. The molecule has 0 aliphatic rings. The van der Waals surface area contributed by atoms with Crippen molar-refractivity contribution in [2.75, 3.05) is 12.4 Å². The number of benzene rings is 2. The predicted octanol–water partition coefficient (Wildman–Crippen LogP) is 4.54. The van der Waals surface area contributed by atoms with Crippen LogP contribution in [0.2, 0.25) is 0 Å². The minimum Gasteiger partial charge on any atom is -0.495 e. The van der Waals surface area contributed by atoms with Gasteiger partial charge >= 0.3 is 0 Å². The summed E-state index contributed by atoms with van der Waals surface area (Å²) in [6, 6.07) is 19.9. The van der Waals surface area contributed by atoms with Gasteiger partial charge in [0.2, 0.25) is 0 Å². The smallest absolute Gasteiger partial charge is 0.142 e. The summed E-state index contributed by atoms with van der Waals surface area (Å²) in [5, 5.41) is 5.47. The Hall–Kier alpha value is -3.14. The Morgan fingerprint density at radius 2 is 1.61 bits per heavy atom. The van der Waals surface area contributed by atoms with Crippen molar-refractivity contribution in [2.45, 2.75) is 0 Å². The van der Waals surface area contributed by atoms with Crippen LogP contribution in [0, 0.1) is 0 Å². The Labute approximate surface area is 133 Å². The summed E-state index contributed by atoms with van der Waals surface area (Å²) in [4.78, 5) is 9.22. The molecule has 0 amide bonds. The molecule has 0 fully saturated rings. The highest BCUT2D eigenvalue weighted by Crippen LogP contribution is 2.28. The lowest BCUT2D eigenvalue weighted by atomic mass is 10.1. The van der Waals surface area contributed by atoms with Gasteiger partial charge in [0.25, 0.3) is 0 Å². The zero-order valence-electron chi connectivity index (χ0n) is 12.7. The third-order valence-corrected chi connectivity index (χ3v) is 3.80. The molecular weight excluding hydrogens is 286 g/mol. The Kier molecular flexibility index (Phi) is 3.27. The Morgan fingerprint density at radius 1 is 0.826 bits per heavy atom.